The second-order valence-corrected chi connectivity index (χ2v) is 5.42. The number of nitrogens with zero attached hydrogens (tertiary/aromatic N) is 2. The Morgan fingerprint density at radius 3 is 2.62 bits per heavy atom. The van der Waals surface area contributed by atoms with Crippen molar-refractivity contribution >= 4 is 11.8 Å². The second kappa shape index (κ2) is 5.24. The molecule has 1 aliphatic carbocycles. The number of allylic oxidation sites excluding steroid dienone is 1. The Morgan fingerprint density at radius 1 is 1.24 bits per heavy atom. The highest BCUT2D eigenvalue weighted by Crippen LogP contribution is 2.32. The van der Waals surface area contributed by atoms with Crippen LogP contribution in [-0.2, 0) is 11.3 Å². The highest BCUT2D eigenvalue weighted by molar-refractivity contribution is 5.88. The van der Waals surface area contributed by atoms with E-state index in [0.717, 1.165) is 17.0 Å². The van der Waals surface area contributed by atoms with E-state index in [4.69, 9.17) is 4.74 Å². The SMILES string of the molecule is COc1ccc(CN2C(=O)N(C)C3CC(=O)CC=C32)cc1. The van der Waals surface area contributed by atoms with Crippen molar-refractivity contribution in [1.82, 2.24) is 9.80 Å². The summed E-state index contributed by atoms with van der Waals surface area (Å²) in [7, 11) is 3.38. The molecule has 5 heteroatoms. The minimum atomic E-state index is -0.100. The summed E-state index contributed by atoms with van der Waals surface area (Å²) in [5.41, 5.74) is 1.99. The fourth-order valence-electron chi connectivity index (χ4n) is 2.89. The van der Waals surface area contributed by atoms with Crippen LogP contribution in [0.15, 0.2) is 36.0 Å². The summed E-state index contributed by atoms with van der Waals surface area (Å²) < 4.78 is 5.14. The average Bonchev–Trinajstić information content (AvgIpc) is 2.73. The monoisotopic (exact) mass is 286 g/mol. The highest BCUT2D eigenvalue weighted by Gasteiger charge is 2.41. The quantitative estimate of drug-likeness (QED) is 0.855. The van der Waals surface area contributed by atoms with Crippen molar-refractivity contribution in [3.05, 3.63) is 41.6 Å². The van der Waals surface area contributed by atoms with Gasteiger partial charge in [-0.1, -0.05) is 18.2 Å². The van der Waals surface area contributed by atoms with Crippen molar-refractivity contribution in [2.45, 2.75) is 25.4 Å². The summed E-state index contributed by atoms with van der Waals surface area (Å²) in [5, 5.41) is 0. The van der Waals surface area contributed by atoms with Crippen molar-refractivity contribution in [2.75, 3.05) is 14.2 Å². The van der Waals surface area contributed by atoms with Crippen molar-refractivity contribution in [2.24, 2.45) is 0 Å². The molecule has 0 saturated carbocycles. The van der Waals surface area contributed by atoms with Gasteiger partial charge in [-0.2, -0.15) is 0 Å². The van der Waals surface area contributed by atoms with Gasteiger partial charge in [0.15, 0.2) is 0 Å². The van der Waals surface area contributed by atoms with Gasteiger partial charge in [0.1, 0.15) is 11.5 Å². The van der Waals surface area contributed by atoms with E-state index in [1.54, 1.807) is 24.0 Å². The highest BCUT2D eigenvalue weighted by atomic mass is 16.5. The number of fused-ring (bicyclic) bond motifs is 1. The number of urea groups is 1. The Hall–Kier alpha value is -2.30. The molecule has 0 aromatic heterocycles. The van der Waals surface area contributed by atoms with Crippen LogP contribution < -0.4 is 4.74 Å². The average molecular weight is 286 g/mol. The Labute approximate surface area is 123 Å². The summed E-state index contributed by atoms with van der Waals surface area (Å²) in [4.78, 5) is 27.4. The number of hydrogen-bond donors (Lipinski definition) is 0. The molecular weight excluding hydrogens is 268 g/mol. The fraction of sp³-hybridized carbons (Fsp3) is 0.375. The summed E-state index contributed by atoms with van der Waals surface area (Å²) in [6.07, 6.45) is 2.74. The van der Waals surface area contributed by atoms with Gasteiger partial charge in [-0.15, -0.1) is 0 Å². The molecular formula is C16H18N2O3. The molecule has 1 unspecified atom stereocenters. The van der Waals surface area contributed by atoms with Gasteiger partial charge in [0.2, 0.25) is 0 Å². The van der Waals surface area contributed by atoms with Crippen LogP contribution >= 0.6 is 0 Å². The zero-order valence-corrected chi connectivity index (χ0v) is 12.2. The Bertz CT molecular complexity index is 606. The normalized spacial score (nSPS) is 21.4. The number of benzene rings is 1. The molecule has 110 valence electrons. The number of carbonyl (C=O) groups excluding carboxylic acids is 2. The van der Waals surface area contributed by atoms with E-state index in [2.05, 4.69) is 0 Å². The minimum Gasteiger partial charge on any atom is -0.497 e. The first kappa shape index (κ1) is 13.7. The predicted octanol–water partition coefficient (Wildman–Crippen LogP) is 2.18. The molecule has 0 N–H and O–H groups in total. The van der Waals surface area contributed by atoms with Gasteiger partial charge in [-0.3, -0.25) is 9.69 Å². The number of likely N-dealkylation sites (N-methyl/N-ethyl adjacent to an activating group) is 1. The molecule has 1 saturated heterocycles. The second-order valence-electron chi connectivity index (χ2n) is 5.42. The molecule has 2 aliphatic rings. The van der Waals surface area contributed by atoms with Gasteiger partial charge >= 0.3 is 6.03 Å². The topological polar surface area (TPSA) is 49.9 Å². The molecule has 0 spiro atoms. The molecule has 2 amide bonds. The van der Waals surface area contributed by atoms with E-state index in [1.165, 1.54) is 0 Å². The van der Waals surface area contributed by atoms with Crippen LogP contribution in [0.1, 0.15) is 18.4 Å². The van der Waals surface area contributed by atoms with Crippen molar-refractivity contribution in [1.29, 1.82) is 0 Å². The number of carbonyl (C=O) groups is 2. The van der Waals surface area contributed by atoms with E-state index in [9.17, 15) is 9.59 Å². The van der Waals surface area contributed by atoms with E-state index >= 15 is 0 Å². The Morgan fingerprint density at radius 2 is 1.95 bits per heavy atom. The molecule has 3 rings (SSSR count). The third kappa shape index (κ3) is 2.39. The lowest BCUT2D eigenvalue weighted by Gasteiger charge is -2.22. The number of ether oxygens (including phenoxy) is 1. The van der Waals surface area contributed by atoms with Crippen LogP contribution in [-0.4, -0.2) is 41.8 Å². The van der Waals surface area contributed by atoms with Crippen LogP contribution in [0, 0.1) is 0 Å². The number of rotatable bonds is 3. The van der Waals surface area contributed by atoms with Crippen molar-refractivity contribution in [3.8, 4) is 5.75 Å². The number of ketones is 1. The van der Waals surface area contributed by atoms with Gasteiger partial charge < -0.3 is 9.64 Å². The standard InChI is InChI=1S/C16H18N2O3/c1-17-15-9-12(19)5-8-14(15)18(16(17)20)10-11-3-6-13(21-2)7-4-11/h3-4,6-8,15H,5,9-10H2,1-2H3. The maximum absolute atomic E-state index is 12.4. The van der Waals surface area contributed by atoms with Gasteiger partial charge in [-0.05, 0) is 17.7 Å². The third-order valence-corrected chi connectivity index (χ3v) is 4.11. The first-order chi connectivity index (χ1) is 10.1. The molecule has 21 heavy (non-hydrogen) atoms. The summed E-state index contributed by atoms with van der Waals surface area (Å²) in [5.74, 6) is 0.985. The fourth-order valence-corrected chi connectivity index (χ4v) is 2.89. The largest absolute Gasteiger partial charge is 0.497 e. The van der Waals surface area contributed by atoms with E-state index in [0.29, 0.717) is 19.4 Å². The van der Waals surface area contributed by atoms with E-state index in [1.807, 2.05) is 30.3 Å². The number of amides is 2. The lowest BCUT2D eigenvalue weighted by atomic mass is 9.98. The Balaban J connectivity index is 1.83. The molecule has 1 aromatic rings. The molecule has 1 heterocycles. The van der Waals surface area contributed by atoms with Crippen LogP contribution in [0.3, 0.4) is 0 Å². The first-order valence-corrected chi connectivity index (χ1v) is 6.99. The van der Waals surface area contributed by atoms with Crippen molar-refractivity contribution < 1.29 is 14.3 Å². The van der Waals surface area contributed by atoms with Gasteiger partial charge in [-0.25, -0.2) is 4.79 Å². The number of hydrogen-bond acceptors (Lipinski definition) is 3. The third-order valence-electron chi connectivity index (χ3n) is 4.11. The van der Waals surface area contributed by atoms with Gasteiger partial charge in [0, 0.05) is 25.6 Å². The lowest BCUT2D eigenvalue weighted by molar-refractivity contribution is -0.119. The number of Topliss-reactive ketones (excluding diaryl/α,β-unsaturated/α-hetero) is 1. The maximum atomic E-state index is 12.4. The van der Waals surface area contributed by atoms with E-state index < -0.39 is 0 Å². The summed E-state index contributed by atoms with van der Waals surface area (Å²) in [6, 6.07) is 7.53. The van der Waals surface area contributed by atoms with Crippen molar-refractivity contribution in [3.63, 3.8) is 0 Å². The maximum Gasteiger partial charge on any atom is 0.324 e. The Kier molecular flexibility index (Phi) is 3.41. The smallest absolute Gasteiger partial charge is 0.324 e. The summed E-state index contributed by atoms with van der Waals surface area (Å²) >= 11 is 0. The minimum absolute atomic E-state index is 0.0447. The van der Waals surface area contributed by atoms with Crippen LogP contribution in [0.5, 0.6) is 5.75 Å². The molecule has 1 aliphatic heterocycles. The zero-order chi connectivity index (χ0) is 15.0. The lowest BCUT2D eigenvalue weighted by Crippen LogP contribution is -2.32. The van der Waals surface area contributed by atoms with Crippen LogP contribution in [0.4, 0.5) is 4.79 Å². The molecule has 1 fully saturated rings. The molecule has 5 nitrogen and oxygen atoms in total. The van der Waals surface area contributed by atoms with E-state index in [-0.39, 0.29) is 17.9 Å². The molecule has 1 atom stereocenters. The summed E-state index contributed by atoms with van der Waals surface area (Å²) in [6.45, 7) is 0.518. The first-order valence-electron chi connectivity index (χ1n) is 6.99. The molecule has 0 radical (unpaired) electrons. The molecule has 1 aromatic carbocycles. The molecule has 0 bridgehead atoms. The zero-order valence-electron chi connectivity index (χ0n) is 12.2. The number of methoxy groups -OCH3 is 1. The van der Waals surface area contributed by atoms with Crippen LogP contribution in [0.2, 0.25) is 0 Å². The van der Waals surface area contributed by atoms with Gasteiger partial charge in [0.05, 0.1) is 19.7 Å². The predicted molar refractivity (Wildman–Crippen MR) is 77.8 cm³/mol. The van der Waals surface area contributed by atoms with Gasteiger partial charge in [0.25, 0.3) is 0 Å². The van der Waals surface area contributed by atoms with Crippen LogP contribution in [0.25, 0.3) is 0 Å².